The first-order chi connectivity index (χ1) is 11.0. The minimum atomic E-state index is 0.0242. The number of methoxy groups -OCH3 is 1. The third kappa shape index (κ3) is 3.05. The van der Waals surface area contributed by atoms with Gasteiger partial charge < -0.3 is 9.84 Å². The maximum atomic E-state index is 12.3. The number of amides is 1. The van der Waals surface area contributed by atoms with E-state index in [2.05, 4.69) is 17.5 Å². The van der Waals surface area contributed by atoms with Crippen LogP contribution in [0, 0.1) is 20.8 Å². The Kier molecular flexibility index (Phi) is 4.53. The second kappa shape index (κ2) is 6.30. The molecular formula is C17H21IN2O3. The minimum Gasteiger partial charge on any atom is -0.504 e. The second-order valence-corrected chi connectivity index (χ2v) is 7.79. The van der Waals surface area contributed by atoms with Gasteiger partial charge in [-0.15, -0.1) is 0 Å². The zero-order chi connectivity index (χ0) is 16.6. The van der Waals surface area contributed by atoms with E-state index in [1.54, 1.807) is 18.3 Å². The van der Waals surface area contributed by atoms with Crippen LogP contribution in [0.25, 0.3) is 0 Å². The molecule has 0 spiro atoms. The summed E-state index contributed by atoms with van der Waals surface area (Å²) >= 11 is 2.03. The molecule has 0 radical (unpaired) electrons. The third-order valence-electron chi connectivity index (χ3n) is 5.27. The predicted molar refractivity (Wildman–Crippen MR) is 96.7 cm³/mol. The number of carbonyl (C=O) groups is 1. The molecule has 0 bridgehead atoms. The number of hydrazone groups is 1. The maximum Gasteiger partial charge on any atom is 0.244 e. The number of carbonyl (C=O) groups excluding carboxylic acids is 1. The number of halogens is 1. The van der Waals surface area contributed by atoms with Gasteiger partial charge in [-0.1, -0.05) is 19.8 Å². The monoisotopic (exact) mass is 428 g/mol. The van der Waals surface area contributed by atoms with Crippen LogP contribution in [-0.2, 0) is 4.79 Å². The molecule has 2 aliphatic rings. The number of aromatic hydroxyl groups is 1. The van der Waals surface area contributed by atoms with E-state index in [9.17, 15) is 9.90 Å². The lowest BCUT2D eigenvalue weighted by Crippen LogP contribution is -2.22. The highest BCUT2D eigenvalue weighted by Crippen LogP contribution is 2.66. The van der Waals surface area contributed by atoms with Gasteiger partial charge in [-0.3, -0.25) is 4.79 Å². The summed E-state index contributed by atoms with van der Waals surface area (Å²) in [6.45, 7) is 2.22. The standard InChI is InChI=1S/C17H21IN2O3/c1-17-6-4-3-5-11(17)14(17)16(22)20-19-9-10-7-12(18)15(21)13(8-10)23-2/h7-9,11,14,21H,3-6H2,1-2H3,(H,20,22)/b19-9-/t11-,14+,17+/m1/s1. The second-order valence-electron chi connectivity index (χ2n) is 6.62. The van der Waals surface area contributed by atoms with Crippen LogP contribution in [-0.4, -0.2) is 24.3 Å². The fourth-order valence-corrected chi connectivity index (χ4v) is 4.54. The summed E-state index contributed by atoms with van der Waals surface area (Å²) in [4.78, 5) is 12.3. The average molecular weight is 428 g/mol. The lowest BCUT2D eigenvalue weighted by Gasteiger charge is -2.15. The van der Waals surface area contributed by atoms with Gasteiger partial charge in [-0.05, 0) is 64.5 Å². The van der Waals surface area contributed by atoms with Gasteiger partial charge in [-0.25, -0.2) is 5.43 Å². The van der Waals surface area contributed by atoms with Crippen molar-refractivity contribution < 1.29 is 14.6 Å². The Morgan fingerprint density at radius 3 is 2.96 bits per heavy atom. The molecule has 2 N–H and O–H groups in total. The van der Waals surface area contributed by atoms with Gasteiger partial charge in [0.05, 0.1) is 16.9 Å². The fraction of sp³-hybridized carbons (Fsp3) is 0.529. The summed E-state index contributed by atoms with van der Waals surface area (Å²) in [6.07, 6.45) is 6.35. The normalized spacial score (nSPS) is 29.2. The number of nitrogens with zero attached hydrogens (tertiary/aromatic N) is 1. The largest absolute Gasteiger partial charge is 0.504 e. The highest BCUT2D eigenvalue weighted by molar-refractivity contribution is 14.1. The molecule has 124 valence electrons. The number of benzene rings is 1. The van der Waals surface area contributed by atoms with Crippen molar-refractivity contribution in [1.29, 1.82) is 0 Å². The van der Waals surface area contributed by atoms with E-state index in [-0.39, 0.29) is 23.0 Å². The molecule has 23 heavy (non-hydrogen) atoms. The number of phenolic OH excluding ortho intramolecular Hbond substituents is 1. The van der Waals surface area contributed by atoms with Crippen molar-refractivity contribution >= 4 is 34.7 Å². The van der Waals surface area contributed by atoms with E-state index in [0.29, 0.717) is 15.2 Å². The van der Waals surface area contributed by atoms with E-state index in [4.69, 9.17) is 4.74 Å². The zero-order valence-electron chi connectivity index (χ0n) is 13.3. The first-order valence-corrected chi connectivity index (χ1v) is 8.94. The zero-order valence-corrected chi connectivity index (χ0v) is 15.5. The topological polar surface area (TPSA) is 70.9 Å². The van der Waals surface area contributed by atoms with Gasteiger partial charge in [0, 0.05) is 5.92 Å². The minimum absolute atomic E-state index is 0.0242. The SMILES string of the molecule is COc1cc(/C=N\NC(=O)[C@@H]2[C@H]3CCCC[C@@]32C)cc(I)c1O. The van der Waals surface area contributed by atoms with Crippen molar-refractivity contribution in [2.24, 2.45) is 22.4 Å². The highest BCUT2D eigenvalue weighted by Gasteiger charge is 2.64. The Morgan fingerprint density at radius 2 is 2.30 bits per heavy atom. The van der Waals surface area contributed by atoms with Crippen LogP contribution < -0.4 is 10.2 Å². The highest BCUT2D eigenvalue weighted by atomic mass is 127. The molecule has 5 nitrogen and oxygen atoms in total. The predicted octanol–water partition coefficient (Wildman–Crippen LogP) is 3.28. The summed E-state index contributed by atoms with van der Waals surface area (Å²) in [5.41, 5.74) is 3.63. The Morgan fingerprint density at radius 1 is 1.52 bits per heavy atom. The van der Waals surface area contributed by atoms with Crippen LogP contribution in [0.15, 0.2) is 17.2 Å². The maximum absolute atomic E-state index is 12.3. The number of rotatable bonds is 4. The molecule has 3 rings (SSSR count). The van der Waals surface area contributed by atoms with Crippen LogP contribution >= 0.6 is 22.6 Å². The van der Waals surface area contributed by atoms with Crippen LogP contribution in [0.4, 0.5) is 0 Å². The Hall–Kier alpha value is -1.31. The summed E-state index contributed by atoms with van der Waals surface area (Å²) in [5.74, 6) is 1.17. The molecule has 6 heteroatoms. The van der Waals surface area contributed by atoms with Gasteiger partial charge in [0.2, 0.25) is 5.91 Å². The molecule has 0 saturated heterocycles. The molecule has 3 atom stereocenters. The van der Waals surface area contributed by atoms with E-state index in [1.807, 2.05) is 22.6 Å². The van der Waals surface area contributed by atoms with Crippen molar-refractivity contribution in [1.82, 2.24) is 5.43 Å². The van der Waals surface area contributed by atoms with Crippen molar-refractivity contribution in [2.75, 3.05) is 7.11 Å². The Balaban J connectivity index is 1.63. The number of fused-ring (bicyclic) bond motifs is 1. The molecule has 0 aromatic heterocycles. The van der Waals surface area contributed by atoms with Crippen molar-refractivity contribution in [3.05, 3.63) is 21.3 Å². The van der Waals surface area contributed by atoms with Gasteiger partial charge in [0.1, 0.15) is 0 Å². The van der Waals surface area contributed by atoms with Crippen molar-refractivity contribution in [3.8, 4) is 11.5 Å². The van der Waals surface area contributed by atoms with Gasteiger partial charge in [0.25, 0.3) is 0 Å². The number of hydrogen-bond donors (Lipinski definition) is 2. The lowest BCUT2D eigenvalue weighted by atomic mass is 9.90. The molecular weight excluding hydrogens is 407 g/mol. The van der Waals surface area contributed by atoms with Crippen LogP contribution in [0.2, 0.25) is 0 Å². The Labute approximate surface area is 149 Å². The molecule has 1 amide bonds. The van der Waals surface area contributed by atoms with E-state index in [0.717, 1.165) is 18.4 Å². The first kappa shape index (κ1) is 16.5. The molecule has 1 aromatic carbocycles. The van der Waals surface area contributed by atoms with Gasteiger partial charge in [0.15, 0.2) is 11.5 Å². The van der Waals surface area contributed by atoms with E-state index in [1.165, 1.54) is 20.0 Å². The number of phenols is 1. The van der Waals surface area contributed by atoms with Crippen molar-refractivity contribution in [2.45, 2.75) is 32.6 Å². The molecule has 2 aliphatic carbocycles. The fourth-order valence-electron chi connectivity index (χ4n) is 3.91. The van der Waals surface area contributed by atoms with E-state index >= 15 is 0 Å². The third-order valence-corrected chi connectivity index (χ3v) is 6.10. The lowest BCUT2D eigenvalue weighted by molar-refractivity contribution is -0.123. The number of hydrogen-bond acceptors (Lipinski definition) is 4. The number of ether oxygens (including phenoxy) is 1. The molecule has 2 saturated carbocycles. The van der Waals surface area contributed by atoms with Gasteiger partial charge in [-0.2, -0.15) is 5.10 Å². The smallest absolute Gasteiger partial charge is 0.244 e. The van der Waals surface area contributed by atoms with Crippen molar-refractivity contribution in [3.63, 3.8) is 0 Å². The van der Waals surface area contributed by atoms with Crippen LogP contribution in [0.3, 0.4) is 0 Å². The Bertz CT molecular complexity index is 661. The first-order valence-electron chi connectivity index (χ1n) is 7.87. The molecule has 2 fully saturated rings. The molecule has 0 heterocycles. The molecule has 1 aromatic rings. The summed E-state index contributed by atoms with van der Waals surface area (Å²) in [5, 5.41) is 13.9. The average Bonchev–Trinajstić information content (AvgIpc) is 3.16. The molecule has 0 unspecified atom stereocenters. The summed E-state index contributed by atoms with van der Waals surface area (Å²) in [6, 6.07) is 3.47. The van der Waals surface area contributed by atoms with Gasteiger partial charge >= 0.3 is 0 Å². The molecule has 0 aliphatic heterocycles. The summed E-state index contributed by atoms with van der Waals surface area (Å²) < 4.78 is 5.79. The van der Waals surface area contributed by atoms with Crippen LogP contribution in [0.1, 0.15) is 38.2 Å². The van der Waals surface area contributed by atoms with E-state index < -0.39 is 0 Å². The number of nitrogens with one attached hydrogen (secondary N) is 1. The van der Waals surface area contributed by atoms with Crippen LogP contribution in [0.5, 0.6) is 11.5 Å². The quantitative estimate of drug-likeness (QED) is 0.440. The summed E-state index contributed by atoms with van der Waals surface area (Å²) in [7, 11) is 1.50.